The Morgan fingerprint density at radius 1 is 1.54 bits per heavy atom. The summed E-state index contributed by atoms with van der Waals surface area (Å²) >= 11 is 7.53. The van der Waals surface area contributed by atoms with E-state index in [2.05, 4.69) is 27.6 Å². The molecule has 2 rings (SSSR count). The molecular formula is C8H4ClIN2O. The van der Waals surface area contributed by atoms with Crippen LogP contribution in [0.2, 0.25) is 0 Å². The van der Waals surface area contributed by atoms with E-state index >= 15 is 0 Å². The summed E-state index contributed by atoms with van der Waals surface area (Å²) in [4.78, 5) is 14.8. The fraction of sp³-hybridized carbons (Fsp3) is 0. The molecule has 66 valence electrons. The van der Waals surface area contributed by atoms with E-state index in [-0.39, 0.29) is 0 Å². The smallest absolute Gasteiger partial charge is 0.273 e. The Balaban J connectivity index is 2.76. The zero-order chi connectivity index (χ0) is 9.42. The SMILES string of the molecule is O=C(Cl)c1ncn2cc(I)ccc12. The number of rotatable bonds is 1. The summed E-state index contributed by atoms with van der Waals surface area (Å²) in [7, 11) is 0. The van der Waals surface area contributed by atoms with E-state index in [9.17, 15) is 4.79 Å². The molecule has 0 radical (unpaired) electrons. The van der Waals surface area contributed by atoms with Crippen molar-refractivity contribution in [1.82, 2.24) is 9.38 Å². The third-order valence-electron chi connectivity index (χ3n) is 1.68. The highest BCUT2D eigenvalue weighted by atomic mass is 127. The van der Waals surface area contributed by atoms with Gasteiger partial charge in [0.15, 0.2) is 0 Å². The number of nitrogens with zero attached hydrogens (tertiary/aromatic N) is 2. The zero-order valence-corrected chi connectivity index (χ0v) is 9.28. The molecule has 0 aliphatic carbocycles. The maximum absolute atomic E-state index is 10.9. The minimum Gasteiger partial charge on any atom is -0.304 e. The fourth-order valence-corrected chi connectivity index (χ4v) is 1.75. The monoisotopic (exact) mass is 306 g/mol. The van der Waals surface area contributed by atoms with Gasteiger partial charge in [-0.2, -0.15) is 0 Å². The van der Waals surface area contributed by atoms with Crippen LogP contribution in [0.25, 0.3) is 5.52 Å². The number of carbonyl (C=O) groups excluding carboxylic acids is 1. The molecule has 0 unspecified atom stereocenters. The topological polar surface area (TPSA) is 34.4 Å². The number of halogens is 2. The molecule has 0 fully saturated rings. The van der Waals surface area contributed by atoms with E-state index in [0.29, 0.717) is 5.69 Å². The molecule has 5 heteroatoms. The molecule has 0 atom stereocenters. The van der Waals surface area contributed by atoms with E-state index in [4.69, 9.17) is 11.6 Å². The molecule has 2 heterocycles. The molecule has 0 saturated heterocycles. The molecule has 2 aromatic heterocycles. The Morgan fingerprint density at radius 2 is 2.31 bits per heavy atom. The highest BCUT2D eigenvalue weighted by Gasteiger charge is 2.09. The summed E-state index contributed by atoms with van der Waals surface area (Å²) in [5, 5.41) is -0.524. The van der Waals surface area contributed by atoms with Gasteiger partial charge < -0.3 is 4.40 Å². The number of hydrogen-bond acceptors (Lipinski definition) is 2. The zero-order valence-electron chi connectivity index (χ0n) is 6.37. The van der Waals surface area contributed by atoms with Crippen LogP contribution in [0.3, 0.4) is 0 Å². The lowest BCUT2D eigenvalue weighted by molar-refractivity contribution is 0.107. The first kappa shape index (κ1) is 8.96. The van der Waals surface area contributed by atoms with Crippen LogP contribution in [0.1, 0.15) is 10.5 Å². The Morgan fingerprint density at radius 3 is 3.00 bits per heavy atom. The van der Waals surface area contributed by atoms with Crippen molar-refractivity contribution in [2.24, 2.45) is 0 Å². The van der Waals surface area contributed by atoms with Crippen LogP contribution < -0.4 is 0 Å². The first-order chi connectivity index (χ1) is 6.18. The van der Waals surface area contributed by atoms with Crippen molar-refractivity contribution in [3.63, 3.8) is 0 Å². The van der Waals surface area contributed by atoms with Crippen LogP contribution >= 0.6 is 34.2 Å². The Bertz CT molecular complexity index is 480. The molecule has 0 aliphatic heterocycles. The van der Waals surface area contributed by atoms with Gasteiger partial charge in [-0.15, -0.1) is 0 Å². The third-order valence-corrected chi connectivity index (χ3v) is 2.50. The summed E-state index contributed by atoms with van der Waals surface area (Å²) < 4.78 is 2.85. The third kappa shape index (κ3) is 1.55. The molecule has 0 bridgehead atoms. The lowest BCUT2D eigenvalue weighted by atomic mass is 10.3. The Labute approximate surface area is 92.9 Å². The minimum absolute atomic E-state index is 0.304. The molecule has 0 N–H and O–H groups in total. The number of fused-ring (bicyclic) bond motifs is 1. The first-order valence-electron chi connectivity index (χ1n) is 3.50. The quantitative estimate of drug-likeness (QED) is 0.598. The van der Waals surface area contributed by atoms with Gasteiger partial charge in [0.2, 0.25) is 0 Å². The number of aromatic nitrogens is 2. The van der Waals surface area contributed by atoms with Crippen molar-refractivity contribution in [1.29, 1.82) is 0 Å². The maximum Gasteiger partial charge on any atom is 0.273 e. The van der Waals surface area contributed by atoms with Crippen molar-refractivity contribution in [3.8, 4) is 0 Å². The van der Waals surface area contributed by atoms with Crippen molar-refractivity contribution in [3.05, 3.63) is 33.9 Å². The van der Waals surface area contributed by atoms with Gasteiger partial charge in [0.05, 0.1) is 5.52 Å². The predicted molar refractivity (Wildman–Crippen MR) is 58.1 cm³/mol. The largest absolute Gasteiger partial charge is 0.304 e. The average Bonchev–Trinajstić information content (AvgIpc) is 2.46. The Hall–Kier alpha value is -0.620. The molecule has 0 aromatic carbocycles. The standard InChI is InChI=1S/C8H4ClIN2O/c9-8(13)7-6-2-1-5(10)3-12(6)4-11-7/h1-4H. The molecule has 0 amide bonds. The summed E-state index contributed by atoms with van der Waals surface area (Å²) in [6, 6.07) is 3.73. The van der Waals surface area contributed by atoms with Crippen molar-refractivity contribution in [2.75, 3.05) is 0 Å². The molecule has 3 nitrogen and oxygen atoms in total. The first-order valence-corrected chi connectivity index (χ1v) is 4.96. The summed E-state index contributed by atoms with van der Waals surface area (Å²) in [6.07, 6.45) is 3.46. The lowest BCUT2D eigenvalue weighted by Crippen LogP contribution is -1.90. The summed E-state index contributed by atoms with van der Waals surface area (Å²) in [5.41, 5.74) is 1.04. The second-order valence-electron chi connectivity index (χ2n) is 2.51. The lowest BCUT2D eigenvalue weighted by Gasteiger charge is -1.94. The van der Waals surface area contributed by atoms with E-state index in [1.54, 1.807) is 10.7 Å². The van der Waals surface area contributed by atoms with Gasteiger partial charge in [-0.3, -0.25) is 4.79 Å². The van der Waals surface area contributed by atoms with E-state index < -0.39 is 5.24 Å². The normalized spacial score (nSPS) is 10.6. The molecular weight excluding hydrogens is 302 g/mol. The molecule has 0 spiro atoms. The fourth-order valence-electron chi connectivity index (χ4n) is 1.12. The van der Waals surface area contributed by atoms with Gasteiger partial charge in [0.25, 0.3) is 5.24 Å². The Kier molecular flexibility index (Phi) is 2.25. The second-order valence-corrected chi connectivity index (χ2v) is 4.10. The van der Waals surface area contributed by atoms with Crippen LogP contribution in [0.15, 0.2) is 24.7 Å². The average molecular weight is 306 g/mol. The van der Waals surface area contributed by atoms with Crippen LogP contribution in [0.5, 0.6) is 0 Å². The number of pyridine rings is 1. The molecule has 13 heavy (non-hydrogen) atoms. The number of imidazole rings is 1. The van der Waals surface area contributed by atoms with Gasteiger partial charge in [0, 0.05) is 9.77 Å². The van der Waals surface area contributed by atoms with Gasteiger partial charge >= 0.3 is 0 Å². The van der Waals surface area contributed by atoms with Crippen LogP contribution in [-0.4, -0.2) is 14.6 Å². The summed E-state index contributed by atoms with van der Waals surface area (Å²) in [5.74, 6) is 0. The predicted octanol–water partition coefficient (Wildman–Crippen LogP) is 2.32. The van der Waals surface area contributed by atoms with Crippen LogP contribution in [-0.2, 0) is 0 Å². The molecule has 2 aromatic rings. The minimum atomic E-state index is -0.524. The molecule has 0 aliphatic rings. The van der Waals surface area contributed by atoms with Gasteiger partial charge in [-0.25, -0.2) is 4.98 Å². The van der Waals surface area contributed by atoms with Crippen LogP contribution in [0, 0.1) is 3.57 Å². The van der Waals surface area contributed by atoms with E-state index in [1.807, 2.05) is 18.3 Å². The van der Waals surface area contributed by atoms with E-state index in [1.165, 1.54) is 0 Å². The van der Waals surface area contributed by atoms with E-state index in [0.717, 1.165) is 9.09 Å². The van der Waals surface area contributed by atoms with Gasteiger partial charge in [-0.05, 0) is 46.3 Å². The second kappa shape index (κ2) is 3.26. The van der Waals surface area contributed by atoms with Gasteiger partial charge in [0.1, 0.15) is 12.0 Å². The van der Waals surface area contributed by atoms with Crippen molar-refractivity contribution >= 4 is 45.0 Å². The number of carbonyl (C=O) groups is 1. The summed E-state index contributed by atoms with van der Waals surface area (Å²) in [6.45, 7) is 0. The highest BCUT2D eigenvalue weighted by molar-refractivity contribution is 14.1. The van der Waals surface area contributed by atoms with Crippen molar-refractivity contribution in [2.45, 2.75) is 0 Å². The maximum atomic E-state index is 10.9. The van der Waals surface area contributed by atoms with Crippen molar-refractivity contribution < 1.29 is 4.79 Å². The highest BCUT2D eigenvalue weighted by Crippen LogP contribution is 2.14. The molecule has 0 saturated carbocycles. The van der Waals surface area contributed by atoms with Crippen LogP contribution in [0.4, 0.5) is 0 Å². The van der Waals surface area contributed by atoms with Gasteiger partial charge in [-0.1, -0.05) is 0 Å². The number of hydrogen-bond donors (Lipinski definition) is 0.